The Morgan fingerprint density at radius 3 is 2.50 bits per heavy atom. The molecule has 0 fully saturated rings. The summed E-state index contributed by atoms with van der Waals surface area (Å²) < 4.78 is 1.07. The first-order valence-corrected chi connectivity index (χ1v) is 6.51. The molecule has 0 saturated heterocycles. The van der Waals surface area contributed by atoms with E-state index < -0.39 is 0 Å². The summed E-state index contributed by atoms with van der Waals surface area (Å²) in [6, 6.07) is 14.2. The predicted molar refractivity (Wildman–Crippen MR) is 77.4 cm³/mol. The summed E-state index contributed by atoms with van der Waals surface area (Å²) in [6.45, 7) is 2.06. The van der Waals surface area contributed by atoms with Crippen LogP contribution in [0.15, 0.2) is 53.1 Å². The topological polar surface area (TPSA) is 25.8 Å². The molecule has 0 aliphatic carbocycles. The third kappa shape index (κ3) is 2.14. The summed E-state index contributed by atoms with van der Waals surface area (Å²) in [7, 11) is 0. The maximum absolute atomic E-state index is 4.64. The predicted octanol–water partition coefficient (Wildman–Crippen LogP) is 4.37. The number of halogens is 1. The molecule has 0 bridgehead atoms. The molecule has 88 valence electrons. The first-order valence-electron chi connectivity index (χ1n) is 5.72. The first kappa shape index (κ1) is 11.4. The lowest BCUT2D eigenvalue weighted by molar-refractivity contribution is 1.28. The van der Waals surface area contributed by atoms with Crippen LogP contribution in [0.1, 0.15) is 5.56 Å². The Bertz CT molecular complexity index is 705. The zero-order valence-electron chi connectivity index (χ0n) is 9.89. The maximum atomic E-state index is 4.64. The van der Waals surface area contributed by atoms with Gasteiger partial charge in [-0.05, 0) is 36.8 Å². The second-order valence-electron chi connectivity index (χ2n) is 4.25. The largest absolute Gasteiger partial charge is 0.252 e. The van der Waals surface area contributed by atoms with E-state index in [1.165, 1.54) is 5.56 Å². The average molecular weight is 299 g/mol. The van der Waals surface area contributed by atoms with Gasteiger partial charge in [0.15, 0.2) is 0 Å². The summed E-state index contributed by atoms with van der Waals surface area (Å²) >= 11 is 3.43. The van der Waals surface area contributed by atoms with Gasteiger partial charge in [0.05, 0.1) is 22.9 Å². The standard InChI is InChI=1S/C15H11BrN2/c1-10-2-7-13-14(8-10)17-9-15(18-13)11-3-5-12(16)6-4-11/h2-9H,1H3. The third-order valence-electron chi connectivity index (χ3n) is 2.84. The minimum atomic E-state index is 0.902. The van der Waals surface area contributed by atoms with E-state index in [9.17, 15) is 0 Å². The van der Waals surface area contributed by atoms with Crippen LogP contribution in [0.4, 0.5) is 0 Å². The number of rotatable bonds is 1. The fourth-order valence-electron chi connectivity index (χ4n) is 1.88. The molecule has 2 nitrogen and oxygen atoms in total. The Morgan fingerprint density at radius 1 is 0.944 bits per heavy atom. The lowest BCUT2D eigenvalue weighted by Crippen LogP contribution is -1.89. The van der Waals surface area contributed by atoms with Crippen molar-refractivity contribution in [3.63, 3.8) is 0 Å². The van der Waals surface area contributed by atoms with E-state index in [1.54, 1.807) is 0 Å². The van der Waals surface area contributed by atoms with Gasteiger partial charge in [0.2, 0.25) is 0 Å². The zero-order chi connectivity index (χ0) is 12.5. The van der Waals surface area contributed by atoms with E-state index >= 15 is 0 Å². The summed E-state index contributed by atoms with van der Waals surface area (Å²) in [5, 5.41) is 0. The first-order chi connectivity index (χ1) is 8.72. The fourth-order valence-corrected chi connectivity index (χ4v) is 2.14. The van der Waals surface area contributed by atoms with Crippen molar-refractivity contribution in [2.45, 2.75) is 6.92 Å². The molecule has 0 aliphatic heterocycles. The molecule has 0 saturated carbocycles. The molecule has 0 spiro atoms. The molecule has 0 unspecified atom stereocenters. The van der Waals surface area contributed by atoms with Crippen LogP contribution < -0.4 is 0 Å². The van der Waals surface area contributed by atoms with Gasteiger partial charge in [-0.2, -0.15) is 0 Å². The van der Waals surface area contributed by atoms with Crippen molar-refractivity contribution in [3.8, 4) is 11.3 Å². The second-order valence-corrected chi connectivity index (χ2v) is 5.17. The minimum absolute atomic E-state index is 0.902. The molecule has 1 heterocycles. The van der Waals surface area contributed by atoms with Crippen LogP contribution >= 0.6 is 15.9 Å². The van der Waals surface area contributed by atoms with Crippen LogP contribution in [0, 0.1) is 6.92 Å². The van der Waals surface area contributed by atoms with E-state index in [4.69, 9.17) is 0 Å². The van der Waals surface area contributed by atoms with Crippen molar-refractivity contribution < 1.29 is 0 Å². The van der Waals surface area contributed by atoms with Crippen LogP contribution in [0.25, 0.3) is 22.3 Å². The quantitative estimate of drug-likeness (QED) is 0.667. The van der Waals surface area contributed by atoms with Crippen molar-refractivity contribution in [1.29, 1.82) is 0 Å². The molecule has 18 heavy (non-hydrogen) atoms. The smallest absolute Gasteiger partial charge is 0.0894 e. The highest BCUT2D eigenvalue weighted by molar-refractivity contribution is 9.10. The summed E-state index contributed by atoms with van der Waals surface area (Å²) in [6.07, 6.45) is 1.82. The van der Waals surface area contributed by atoms with E-state index in [-0.39, 0.29) is 0 Å². The van der Waals surface area contributed by atoms with Crippen LogP contribution in [0.3, 0.4) is 0 Å². The van der Waals surface area contributed by atoms with Gasteiger partial charge in [0.1, 0.15) is 0 Å². The van der Waals surface area contributed by atoms with E-state index in [2.05, 4.69) is 38.9 Å². The SMILES string of the molecule is Cc1ccc2nc(-c3ccc(Br)cc3)cnc2c1. The molecule has 2 aromatic carbocycles. The number of fused-ring (bicyclic) bond motifs is 1. The number of aromatic nitrogens is 2. The van der Waals surface area contributed by atoms with Gasteiger partial charge >= 0.3 is 0 Å². The maximum Gasteiger partial charge on any atom is 0.0894 e. The molecule has 0 aliphatic rings. The Labute approximate surface area is 114 Å². The Morgan fingerprint density at radius 2 is 1.72 bits per heavy atom. The second kappa shape index (κ2) is 4.50. The van der Waals surface area contributed by atoms with Crippen molar-refractivity contribution >= 4 is 27.0 Å². The molecule has 3 heteroatoms. The molecular formula is C15H11BrN2. The van der Waals surface area contributed by atoms with Crippen molar-refractivity contribution in [3.05, 3.63) is 58.7 Å². The molecule has 0 radical (unpaired) electrons. The number of aryl methyl sites for hydroxylation is 1. The molecule has 1 aromatic heterocycles. The minimum Gasteiger partial charge on any atom is -0.252 e. The lowest BCUT2D eigenvalue weighted by Gasteiger charge is -2.03. The van der Waals surface area contributed by atoms with Gasteiger partial charge in [-0.3, -0.25) is 4.98 Å². The number of hydrogen-bond donors (Lipinski definition) is 0. The molecule has 3 aromatic rings. The monoisotopic (exact) mass is 298 g/mol. The molecule has 0 atom stereocenters. The van der Waals surface area contributed by atoms with Crippen LogP contribution in [-0.4, -0.2) is 9.97 Å². The highest BCUT2D eigenvalue weighted by atomic mass is 79.9. The molecule has 0 amide bonds. The zero-order valence-corrected chi connectivity index (χ0v) is 11.5. The van der Waals surface area contributed by atoms with Crippen LogP contribution in [0.2, 0.25) is 0 Å². The van der Waals surface area contributed by atoms with Gasteiger partial charge < -0.3 is 0 Å². The van der Waals surface area contributed by atoms with E-state index in [0.29, 0.717) is 0 Å². The van der Waals surface area contributed by atoms with Crippen molar-refractivity contribution in [1.82, 2.24) is 9.97 Å². The molecule has 0 N–H and O–H groups in total. The third-order valence-corrected chi connectivity index (χ3v) is 3.37. The lowest BCUT2D eigenvalue weighted by atomic mass is 10.1. The summed E-state index contributed by atoms with van der Waals surface area (Å²) in [5.41, 5.74) is 5.05. The van der Waals surface area contributed by atoms with E-state index in [0.717, 1.165) is 26.8 Å². The van der Waals surface area contributed by atoms with Crippen LogP contribution in [-0.2, 0) is 0 Å². The van der Waals surface area contributed by atoms with Crippen molar-refractivity contribution in [2.24, 2.45) is 0 Å². The molecule has 3 rings (SSSR count). The normalized spacial score (nSPS) is 10.8. The summed E-state index contributed by atoms with van der Waals surface area (Å²) in [4.78, 5) is 9.11. The van der Waals surface area contributed by atoms with Crippen molar-refractivity contribution in [2.75, 3.05) is 0 Å². The van der Waals surface area contributed by atoms with Gasteiger partial charge in [0.25, 0.3) is 0 Å². The number of nitrogens with zero attached hydrogens (tertiary/aromatic N) is 2. The Hall–Kier alpha value is -1.74. The molecular weight excluding hydrogens is 288 g/mol. The van der Waals surface area contributed by atoms with Gasteiger partial charge in [-0.15, -0.1) is 0 Å². The van der Waals surface area contributed by atoms with E-state index in [1.807, 2.05) is 42.6 Å². The van der Waals surface area contributed by atoms with Gasteiger partial charge in [-0.1, -0.05) is 34.1 Å². The van der Waals surface area contributed by atoms with Crippen LogP contribution in [0.5, 0.6) is 0 Å². The Balaban J connectivity index is 2.13. The summed E-state index contributed by atoms with van der Waals surface area (Å²) in [5.74, 6) is 0. The number of hydrogen-bond acceptors (Lipinski definition) is 2. The van der Waals surface area contributed by atoms with Gasteiger partial charge in [0, 0.05) is 10.0 Å². The number of benzene rings is 2. The highest BCUT2D eigenvalue weighted by Crippen LogP contribution is 2.21. The average Bonchev–Trinajstić information content (AvgIpc) is 2.39. The van der Waals surface area contributed by atoms with Gasteiger partial charge in [-0.25, -0.2) is 4.98 Å². The fraction of sp³-hybridized carbons (Fsp3) is 0.0667. The highest BCUT2D eigenvalue weighted by Gasteiger charge is 2.02. The Kier molecular flexibility index (Phi) is 2.84.